The second kappa shape index (κ2) is 6.15. The Morgan fingerprint density at radius 1 is 1.32 bits per heavy atom. The summed E-state index contributed by atoms with van der Waals surface area (Å²) in [7, 11) is 0. The van der Waals surface area contributed by atoms with Gasteiger partial charge in [-0.2, -0.15) is 0 Å². The fourth-order valence-electron chi connectivity index (χ4n) is 3.44. The lowest BCUT2D eigenvalue weighted by Gasteiger charge is -2.12. The lowest BCUT2D eigenvalue weighted by molar-refractivity contribution is 0.0986. The van der Waals surface area contributed by atoms with Crippen LogP contribution >= 0.6 is 11.3 Å². The number of Topliss-reactive ketones (excluding diaryl/α,β-unsaturated/α-hetero) is 1. The zero-order valence-electron chi connectivity index (χ0n) is 14.5. The number of carbonyl (C=O) groups excluding carboxylic acids is 1. The number of aromatic nitrogens is 1. The summed E-state index contributed by atoms with van der Waals surface area (Å²) in [6.07, 6.45) is 0.558. The SMILES string of the molecule is Cc1ccc(OCc2nc(-c3cccs3)oc2C)c2c1[C@H](C)CC2=O. The van der Waals surface area contributed by atoms with Gasteiger partial charge < -0.3 is 9.15 Å². The first-order valence-electron chi connectivity index (χ1n) is 8.34. The van der Waals surface area contributed by atoms with Crippen LogP contribution in [0.25, 0.3) is 10.8 Å². The maximum atomic E-state index is 12.4. The highest BCUT2D eigenvalue weighted by Gasteiger charge is 2.31. The highest BCUT2D eigenvalue weighted by molar-refractivity contribution is 7.13. The topological polar surface area (TPSA) is 52.3 Å². The van der Waals surface area contributed by atoms with Crippen LogP contribution in [0.1, 0.15) is 52.2 Å². The molecule has 0 saturated heterocycles. The molecule has 0 amide bonds. The van der Waals surface area contributed by atoms with Gasteiger partial charge in [0.2, 0.25) is 5.89 Å². The minimum Gasteiger partial charge on any atom is -0.486 e. The first-order valence-corrected chi connectivity index (χ1v) is 9.22. The molecule has 1 aromatic carbocycles. The van der Waals surface area contributed by atoms with Gasteiger partial charge in [0, 0.05) is 6.42 Å². The molecule has 3 aromatic rings. The summed E-state index contributed by atoms with van der Waals surface area (Å²) in [6.45, 7) is 6.32. The third kappa shape index (κ3) is 2.78. The smallest absolute Gasteiger partial charge is 0.236 e. The molecule has 1 atom stereocenters. The number of ether oxygens (including phenoxy) is 1. The molecule has 4 rings (SSSR count). The summed E-state index contributed by atoms with van der Waals surface area (Å²) in [4.78, 5) is 17.9. The number of carbonyl (C=O) groups is 1. The van der Waals surface area contributed by atoms with Crippen LogP contribution in [0.5, 0.6) is 5.75 Å². The van der Waals surface area contributed by atoms with Crippen molar-refractivity contribution in [1.29, 1.82) is 0 Å². The summed E-state index contributed by atoms with van der Waals surface area (Å²) in [5, 5.41) is 1.99. The van der Waals surface area contributed by atoms with E-state index in [4.69, 9.17) is 9.15 Å². The van der Waals surface area contributed by atoms with Crippen molar-refractivity contribution in [1.82, 2.24) is 4.98 Å². The summed E-state index contributed by atoms with van der Waals surface area (Å²) < 4.78 is 11.7. The summed E-state index contributed by atoms with van der Waals surface area (Å²) >= 11 is 1.59. The van der Waals surface area contributed by atoms with Crippen LogP contribution in [0.4, 0.5) is 0 Å². The highest BCUT2D eigenvalue weighted by Crippen LogP contribution is 2.40. The van der Waals surface area contributed by atoms with Crippen LogP contribution in [0.2, 0.25) is 0 Å². The normalized spacial score (nSPS) is 16.3. The number of aryl methyl sites for hydroxylation is 2. The molecule has 0 saturated carbocycles. The quantitative estimate of drug-likeness (QED) is 0.639. The van der Waals surface area contributed by atoms with Crippen molar-refractivity contribution in [2.45, 2.75) is 39.7 Å². The third-order valence-electron chi connectivity index (χ3n) is 4.68. The molecule has 1 aliphatic rings. The van der Waals surface area contributed by atoms with Gasteiger partial charge >= 0.3 is 0 Å². The van der Waals surface area contributed by atoms with Crippen LogP contribution in [0.15, 0.2) is 34.1 Å². The first-order chi connectivity index (χ1) is 12.0. The zero-order valence-corrected chi connectivity index (χ0v) is 15.3. The Morgan fingerprint density at radius 2 is 2.16 bits per heavy atom. The van der Waals surface area contributed by atoms with E-state index in [-0.39, 0.29) is 18.3 Å². The lowest BCUT2D eigenvalue weighted by atomic mass is 9.97. The van der Waals surface area contributed by atoms with Crippen LogP contribution in [0, 0.1) is 13.8 Å². The summed E-state index contributed by atoms with van der Waals surface area (Å²) in [6, 6.07) is 7.86. The molecule has 0 N–H and O–H groups in total. The first kappa shape index (κ1) is 16.1. The maximum Gasteiger partial charge on any atom is 0.236 e. The molecule has 0 unspecified atom stereocenters. The Kier molecular flexibility index (Phi) is 3.96. The van der Waals surface area contributed by atoms with Crippen molar-refractivity contribution in [3.63, 3.8) is 0 Å². The van der Waals surface area contributed by atoms with Gasteiger partial charge in [-0.25, -0.2) is 4.98 Å². The molecular weight excluding hydrogens is 334 g/mol. The Labute approximate surface area is 150 Å². The molecule has 5 heteroatoms. The third-order valence-corrected chi connectivity index (χ3v) is 5.54. The minimum absolute atomic E-state index is 0.164. The Hall–Kier alpha value is -2.40. The molecule has 25 heavy (non-hydrogen) atoms. The molecular formula is C20H19NO3S. The molecule has 128 valence electrons. The maximum absolute atomic E-state index is 12.4. The summed E-state index contributed by atoms with van der Waals surface area (Å²) in [5.41, 5.74) is 3.78. The molecule has 4 nitrogen and oxygen atoms in total. The van der Waals surface area contributed by atoms with Gasteiger partial charge in [-0.05, 0) is 48.4 Å². The van der Waals surface area contributed by atoms with Crippen molar-refractivity contribution in [3.05, 3.63) is 57.8 Å². The molecule has 0 fully saturated rings. The van der Waals surface area contributed by atoms with Crippen molar-refractivity contribution in [2.24, 2.45) is 0 Å². The number of oxazole rings is 1. The fourth-order valence-corrected chi connectivity index (χ4v) is 4.09. The number of hydrogen-bond donors (Lipinski definition) is 0. The van der Waals surface area contributed by atoms with E-state index < -0.39 is 0 Å². The van der Waals surface area contributed by atoms with E-state index in [9.17, 15) is 4.79 Å². The number of fused-ring (bicyclic) bond motifs is 1. The monoisotopic (exact) mass is 353 g/mol. The van der Waals surface area contributed by atoms with E-state index in [1.165, 1.54) is 0 Å². The van der Waals surface area contributed by atoms with Crippen molar-refractivity contribution >= 4 is 17.1 Å². The number of ketones is 1. The number of hydrogen-bond acceptors (Lipinski definition) is 5. The van der Waals surface area contributed by atoms with Crippen LogP contribution in [0.3, 0.4) is 0 Å². The van der Waals surface area contributed by atoms with Gasteiger partial charge in [0.1, 0.15) is 23.8 Å². The molecule has 2 aromatic heterocycles. The number of thiophene rings is 1. The Bertz CT molecular complexity index is 940. The van der Waals surface area contributed by atoms with Crippen LogP contribution < -0.4 is 4.74 Å². The second-order valence-corrected chi connectivity index (χ2v) is 7.43. The Morgan fingerprint density at radius 3 is 2.92 bits per heavy atom. The lowest BCUT2D eigenvalue weighted by Crippen LogP contribution is -2.03. The van der Waals surface area contributed by atoms with E-state index in [1.54, 1.807) is 11.3 Å². The zero-order chi connectivity index (χ0) is 17.6. The van der Waals surface area contributed by atoms with Crippen LogP contribution in [-0.2, 0) is 6.61 Å². The van der Waals surface area contributed by atoms with Crippen molar-refractivity contribution < 1.29 is 13.9 Å². The second-order valence-electron chi connectivity index (χ2n) is 6.49. The Balaban J connectivity index is 1.60. The molecule has 0 spiro atoms. The predicted molar refractivity (Wildman–Crippen MR) is 97.4 cm³/mol. The molecule has 1 aliphatic carbocycles. The van der Waals surface area contributed by atoms with Crippen LogP contribution in [-0.4, -0.2) is 10.8 Å². The standard InChI is InChI=1S/C20H19NO3S/c1-11-6-7-16(19-15(22)9-12(2)18(11)19)23-10-14-13(3)24-20(21-14)17-5-4-8-25-17/h4-8,12H,9-10H2,1-3H3/t12-/m1/s1. The van der Waals surface area contributed by atoms with E-state index in [0.29, 0.717) is 18.1 Å². The van der Waals surface area contributed by atoms with Gasteiger partial charge in [0.25, 0.3) is 0 Å². The minimum atomic E-state index is 0.164. The van der Waals surface area contributed by atoms with Gasteiger partial charge in [-0.3, -0.25) is 4.79 Å². The largest absolute Gasteiger partial charge is 0.486 e. The van der Waals surface area contributed by atoms with Gasteiger partial charge in [0.15, 0.2) is 5.78 Å². The van der Waals surface area contributed by atoms with Crippen molar-refractivity contribution in [3.8, 4) is 16.5 Å². The van der Waals surface area contributed by atoms with Gasteiger partial charge in [-0.1, -0.05) is 19.1 Å². The molecule has 0 bridgehead atoms. The average molecular weight is 353 g/mol. The molecule has 0 radical (unpaired) electrons. The number of benzene rings is 1. The number of rotatable bonds is 4. The van der Waals surface area contributed by atoms with Crippen molar-refractivity contribution in [2.75, 3.05) is 0 Å². The molecule has 0 aliphatic heterocycles. The highest BCUT2D eigenvalue weighted by atomic mass is 32.1. The fraction of sp³-hybridized carbons (Fsp3) is 0.300. The summed E-state index contributed by atoms with van der Waals surface area (Å²) in [5.74, 6) is 2.43. The van der Waals surface area contributed by atoms with Gasteiger partial charge in [-0.15, -0.1) is 11.3 Å². The predicted octanol–water partition coefficient (Wildman–Crippen LogP) is 5.29. The van der Waals surface area contributed by atoms with E-state index in [2.05, 4.69) is 11.9 Å². The van der Waals surface area contributed by atoms with E-state index >= 15 is 0 Å². The number of nitrogens with zero attached hydrogens (tertiary/aromatic N) is 1. The average Bonchev–Trinajstić information content (AvgIpc) is 3.28. The van der Waals surface area contributed by atoms with E-state index in [1.807, 2.05) is 43.5 Å². The van der Waals surface area contributed by atoms with E-state index in [0.717, 1.165) is 33.0 Å². The molecule has 2 heterocycles. The van der Waals surface area contributed by atoms with Gasteiger partial charge in [0.05, 0.1) is 10.4 Å².